The van der Waals surface area contributed by atoms with Crippen LogP contribution in [0.5, 0.6) is 0 Å². The first-order chi connectivity index (χ1) is 12.6. The number of ether oxygens (including phenoxy) is 1. The summed E-state index contributed by atoms with van der Waals surface area (Å²) in [6.07, 6.45) is 1.34. The number of benzene rings is 1. The highest BCUT2D eigenvalue weighted by atomic mass is 19.1. The zero-order valence-corrected chi connectivity index (χ0v) is 14.0. The van der Waals surface area contributed by atoms with Gasteiger partial charge in [-0.25, -0.2) is 9.37 Å². The Balaban J connectivity index is 1.76. The highest BCUT2D eigenvalue weighted by molar-refractivity contribution is 6.03. The predicted molar refractivity (Wildman–Crippen MR) is 90.1 cm³/mol. The quantitative estimate of drug-likeness (QED) is 0.739. The van der Waals surface area contributed by atoms with Crippen LogP contribution in [-0.4, -0.2) is 50.3 Å². The van der Waals surface area contributed by atoms with Crippen molar-refractivity contribution in [1.82, 2.24) is 24.6 Å². The molecule has 0 spiro atoms. The summed E-state index contributed by atoms with van der Waals surface area (Å²) in [4.78, 5) is 30.9. The molecule has 1 saturated heterocycles. The predicted octanol–water partition coefficient (Wildman–Crippen LogP) is 1.01. The van der Waals surface area contributed by atoms with E-state index in [1.807, 2.05) is 0 Å². The molecule has 26 heavy (non-hydrogen) atoms. The van der Waals surface area contributed by atoms with Crippen molar-refractivity contribution in [2.45, 2.75) is 6.04 Å². The molecule has 0 saturated carbocycles. The smallest absolute Gasteiger partial charge is 0.281 e. The van der Waals surface area contributed by atoms with Crippen molar-refractivity contribution >= 4 is 16.9 Å². The van der Waals surface area contributed by atoms with Gasteiger partial charge in [0, 0.05) is 19.2 Å². The van der Waals surface area contributed by atoms with E-state index in [1.165, 1.54) is 21.9 Å². The summed E-state index contributed by atoms with van der Waals surface area (Å²) in [6, 6.07) is 5.73. The molecule has 1 atom stereocenters. The lowest BCUT2D eigenvalue weighted by Gasteiger charge is -2.35. The Kier molecular flexibility index (Phi) is 4.00. The van der Waals surface area contributed by atoms with Crippen molar-refractivity contribution in [3.63, 3.8) is 0 Å². The van der Waals surface area contributed by atoms with Crippen molar-refractivity contribution in [2.75, 3.05) is 19.8 Å². The van der Waals surface area contributed by atoms with Gasteiger partial charge in [-0.3, -0.25) is 14.7 Å². The van der Waals surface area contributed by atoms with E-state index in [0.29, 0.717) is 18.7 Å². The molecule has 1 unspecified atom stereocenters. The number of aromatic nitrogens is 4. The summed E-state index contributed by atoms with van der Waals surface area (Å²) in [5.74, 6) is -0.799. The molecule has 1 amide bonds. The fourth-order valence-electron chi connectivity index (χ4n) is 3.12. The molecule has 4 rings (SSSR count). The Labute approximate surface area is 147 Å². The van der Waals surface area contributed by atoms with E-state index in [1.54, 1.807) is 25.2 Å². The van der Waals surface area contributed by atoms with Gasteiger partial charge in [-0.05, 0) is 6.07 Å². The fraction of sp³-hybridized carbons (Fsp3) is 0.294. The van der Waals surface area contributed by atoms with E-state index in [9.17, 15) is 14.0 Å². The highest BCUT2D eigenvalue weighted by Crippen LogP contribution is 2.28. The molecule has 0 radical (unpaired) electrons. The van der Waals surface area contributed by atoms with E-state index < -0.39 is 17.8 Å². The SMILES string of the molecule is Cn1cnc2c(C(=O)N3CCOCC3c3ccccc3F)[nH]nc2c1=O. The molecule has 1 aliphatic heterocycles. The lowest BCUT2D eigenvalue weighted by Crippen LogP contribution is -2.44. The monoisotopic (exact) mass is 357 g/mol. The number of aryl methyl sites for hydroxylation is 1. The Morgan fingerprint density at radius 1 is 1.35 bits per heavy atom. The van der Waals surface area contributed by atoms with Gasteiger partial charge in [0.15, 0.2) is 5.52 Å². The van der Waals surface area contributed by atoms with Crippen LogP contribution in [0.15, 0.2) is 35.4 Å². The van der Waals surface area contributed by atoms with Crippen molar-refractivity contribution in [1.29, 1.82) is 0 Å². The number of nitrogens with one attached hydrogen (secondary N) is 1. The van der Waals surface area contributed by atoms with Crippen LogP contribution in [0.1, 0.15) is 22.1 Å². The maximum absolute atomic E-state index is 14.2. The molecule has 3 heterocycles. The number of amides is 1. The van der Waals surface area contributed by atoms with E-state index in [4.69, 9.17) is 4.74 Å². The minimum Gasteiger partial charge on any atom is -0.377 e. The average Bonchev–Trinajstić information content (AvgIpc) is 3.09. The number of hydrogen-bond donors (Lipinski definition) is 1. The Morgan fingerprint density at radius 3 is 2.96 bits per heavy atom. The molecule has 134 valence electrons. The molecule has 0 aliphatic carbocycles. The van der Waals surface area contributed by atoms with Crippen LogP contribution in [0.2, 0.25) is 0 Å². The van der Waals surface area contributed by atoms with Gasteiger partial charge in [-0.2, -0.15) is 5.10 Å². The molecule has 1 aliphatic rings. The van der Waals surface area contributed by atoms with Gasteiger partial charge in [0.05, 0.1) is 25.6 Å². The minimum absolute atomic E-state index is 0.0917. The van der Waals surface area contributed by atoms with Crippen molar-refractivity contribution in [3.05, 3.63) is 58.0 Å². The maximum Gasteiger partial charge on any atom is 0.281 e. The van der Waals surface area contributed by atoms with Gasteiger partial charge in [0.25, 0.3) is 11.5 Å². The third-order valence-corrected chi connectivity index (χ3v) is 4.49. The molecule has 8 nitrogen and oxygen atoms in total. The highest BCUT2D eigenvalue weighted by Gasteiger charge is 2.33. The number of H-pyrrole nitrogens is 1. The molecule has 1 aromatic carbocycles. The number of nitrogens with zero attached hydrogens (tertiary/aromatic N) is 4. The summed E-state index contributed by atoms with van der Waals surface area (Å²) in [6.45, 7) is 0.828. The summed E-state index contributed by atoms with van der Waals surface area (Å²) >= 11 is 0. The second-order valence-corrected chi connectivity index (χ2v) is 6.07. The zero-order valence-electron chi connectivity index (χ0n) is 14.0. The summed E-state index contributed by atoms with van der Waals surface area (Å²) < 4.78 is 21.0. The molecular weight excluding hydrogens is 341 g/mol. The van der Waals surface area contributed by atoms with Gasteiger partial charge in [-0.1, -0.05) is 18.2 Å². The number of morpholine rings is 1. The lowest BCUT2D eigenvalue weighted by atomic mass is 10.0. The average molecular weight is 357 g/mol. The topological polar surface area (TPSA) is 93.1 Å². The standard InChI is InChI=1S/C17H16FN5O3/c1-22-9-19-13-14(16(22)24)20-21-15(13)17(25)23-6-7-26-8-12(23)10-4-2-3-5-11(10)18/h2-5,9,12H,6-8H2,1H3,(H,20,21). The van der Waals surface area contributed by atoms with Gasteiger partial charge in [0.1, 0.15) is 17.0 Å². The fourth-order valence-corrected chi connectivity index (χ4v) is 3.12. The first-order valence-electron chi connectivity index (χ1n) is 8.10. The molecule has 1 fully saturated rings. The number of carbonyl (C=O) groups excluding carboxylic acids is 1. The number of aromatic amines is 1. The second kappa shape index (κ2) is 6.34. The van der Waals surface area contributed by atoms with Gasteiger partial charge < -0.3 is 14.2 Å². The number of halogens is 1. The van der Waals surface area contributed by atoms with Crippen molar-refractivity contribution in [2.24, 2.45) is 7.05 Å². The van der Waals surface area contributed by atoms with E-state index in [2.05, 4.69) is 15.2 Å². The largest absolute Gasteiger partial charge is 0.377 e. The lowest BCUT2D eigenvalue weighted by molar-refractivity contribution is -0.00385. The summed E-state index contributed by atoms with van der Waals surface area (Å²) in [5.41, 5.74) is 0.443. The van der Waals surface area contributed by atoms with Gasteiger partial charge >= 0.3 is 0 Å². The van der Waals surface area contributed by atoms with Crippen LogP contribution >= 0.6 is 0 Å². The number of hydrogen-bond acceptors (Lipinski definition) is 5. The van der Waals surface area contributed by atoms with E-state index in [0.717, 1.165) is 0 Å². The summed E-state index contributed by atoms with van der Waals surface area (Å²) in [7, 11) is 1.56. The zero-order chi connectivity index (χ0) is 18.3. The van der Waals surface area contributed by atoms with Crippen LogP contribution < -0.4 is 5.56 Å². The van der Waals surface area contributed by atoms with Gasteiger partial charge in [0.2, 0.25) is 0 Å². The Bertz CT molecular complexity index is 1040. The normalized spacial score (nSPS) is 17.6. The number of fused-ring (bicyclic) bond motifs is 1. The molecule has 0 bridgehead atoms. The van der Waals surface area contributed by atoms with E-state index >= 15 is 0 Å². The molecule has 9 heteroatoms. The molecule has 3 aromatic rings. The number of carbonyl (C=O) groups is 1. The molecular formula is C17H16FN5O3. The van der Waals surface area contributed by atoms with Crippen LogP contribution in [0.25, 0.3) is 11.0 Å². The first-order valence-corrected chi connectivity index (χ1v) is 8.10. The van der Waals surface area contributed by atoms with Crippen LogP contribution in [0.3, 0.4) is 0 Å². The van der Waals surface area contributed by atoms with Crippen molar-refractivity contribution < 1.29 is 13.9 Å². The minimum atomic E-state index is -0.567. The Hall–Kier alpha value is -3.07. The Morgan fingerprint density at radius 2 is 2.15 bits per heavy atom. The summed E-state index contributed by atoms with van der Waals surface area (Å²) in [5, 5.41) is 6.55. The van der Waals surface area contributed by atoms with Crippen LogP contribution in [0, 0.1) is 5.82 Å². The van der Waals surface area contributed by atoms with Gasteiger partial charge in [-0.15, -0.1) is 0 Å². The number of rotatable bonds is 2. The third-order valence-electron chi connectivity index (χ3n) is 4.49. The molecule has 1 N–H and O–H groups in total. The maximum atomic E-state index is 14.2. The second-order valence-electron chi connectivity index (χ2n) is 6.07. The van der Waals surface area contributed by atoms with E-state index in [-0.39, 0.29) is 28.9 Å². The van der Waals surface area contributed by atoms with Crippen LogP contribution in [0.4, 0.5) is 4.39 Å². The van der Waals surface area contributed by atoms with Crippen LogP contribution in [-0.2, 0) is 11.8 Å². The molecule has 2 aromatic heterocycles. The van der Waals surface area contributed by atoms with Crippen molar-refractivity contribution in [3.8, 4) is 0 Å². The third kappa shape index (κ3) is 2.57. The first kappa shape index (κ1) is 16.4.